The van der Waals surface area contributed by atoms with Gasteiger partial charge in [0.2, 0.25) is 9.84 Å². The van der Waals surface area contributed by atoms with Crippen molar-refractivity contribution < 1.29 is 21.6 Å². The van der Waals surface area contributed by atoms with E-state index in [0.717, 1.165) is 6.42 Å². The molecule has 0 spiro atoms. The molecule has 28 heavy (non-hydrogen) atoms. The Balaban J connectivity index is 1.98. The Hall–Kier alpha value is -2.25. The van der Waals surface area contributed by atoms with Gasteiger partial charge in [-0.25, -0.2) is 16.8 Å². The Kier molecular flexibility index (Phi) is 6.15. The van der Waals surface area contributed by atoms with Crippen LogP contribution in [-0.2, 0) is 24.5 Å². The standard InChI is InChI=1S/C21H22O5S2/c22-21-13-7-8-17(21)14-15-20(28(25,26)19-11-5-2-6-12-19)16-27(23,24)18-9-3-1-4-10-18/h1-6,9-12,15,17H,7-8,13-14,16H2/b20-15+. The van der Waals surface area contributed by atoms with Crippen LogP contribution >= 0.6 is 0 Å². The summed E-state index contributed by atoms with van der Waals surface area (Å²) in [5.74, 6) is -0.756. The molecule has 0 N–H and O–H groups in total. The third kappa shape index (κ3) is 4.59. The van der Waals surface area contributed by atoms with Gasteiger partial charge >= 0.3 is 0 Å². The van der Waals surface area contributed by atoms with E-state index in [9.17, 15) is 21.6 Å². The molecule has 0 aliphatic heterocycles. The average Bonchev–Trinajstić information content (AvgIpc) is 3.11. The zero-order chi connectivity index (χ0) is 20.2. The van der Waals surface area contributed by atoms with Crippen LogP contribution < -0.4 is 0 Å². The van der Waals surface area contributed by atoms with Gasteiger partial charge in [0.1, 0.15) is 5.78 Å². The Labute approximate surface area is 165 Å². The first-order valence-corrected chi connectivity index (χ1v) is 12.2. The van der Waals surface area contributed by atoms with Gasteiger partial charge in [-0.15, -0.1) is 0 Å². The number of sulfone groups is 2. The van der Waals surface area contributed by atoms with Gasteiger partial charge < -0.3 is 0 Å². The van der Waals surface area contributed by atoms with Gasteiger partial charge in [-0.1, -0.05) is 42.5 Å². The molecule has 1 unspecified atom stereocenters. The van der Waals surface area contributed by atoms with Crippen LogP contribution in [0.1, 0.15) is 25.7 Å². The fourth-order valence-corrected chi connectivity index (χ4v) is 6.76. The third-order valence-corrected chi connectivity index (χ3v) is 8.65. The second-order valence-corrected chi connectivity index (χ2v) is 10.8. The molecule has 7 heteroatoms. The first-order valence-electron chi connectivity index (χ1n) is 9.10. The summed E-state index contributed by atoms with van der Waals surface area (Å²) < 4.78 is 51.8. The smallest absolute Gasteiger partial charge is 0.203 e. The lowest BCUT2D eigenvalue weighted by Crippen LogP contribution is -2.17. The molecule has 0 bridgehead atoms. The molecule has 1 fully saturated rings. The topological polar surface area (TPSA) is 85.3 Å². The van der Waals surface area contributed by atoms with E-state index in [4.69, 9.17) is 0 Å². The van der Waals surface area contributed by atoms with E-state index in [1.54, 1.807) is 36.4 Å². The number of carbonyl (C=O) groups excluding carboxylic acids is 1. The Morgan fingerprint density at radius 1 is 0.893 bits per heavy atom. The first kappa shape index (κ1) is 20.5. The van der Waals surface area contributed by atoms with E-state index < -0.39 is 25.4 Å². The summed E-state index contributed by atoms with van der Waals surface area (Å²) in [6.07, 6.45) is 3.67. The summed E-state index contributed by atoms with van der Waals surface area (Å²) in [5, 5.41) is 0. The highest BCUT2D eigenvalue weighted by molar-refractivity contribution is 7.98. The molecule has 0 heterocycles. The predicted octanol–water partition coefficient (Wildman–Crippen LogP) is 3.58. The van der Waals surface area contributed by atoms with Gasteiger partial charge in [0.05, 0.1) is 20.4 Å². The zero-order valence-electron chi connectivity index (χ0n) is 15.3. The fraction of sp³-hybridized carbons (Fsp3) is 0.286. The number of ketones is 1. The lowest BCUT2D eigenvalue weighted by atomic mass is 10.0. The van der Waals surface area contributed by atoms with Crippen molar-refractivity contribution in [2.45, 2.75) is 35.5 Å². The molecular formula is C21H22O5S2. The molecule has 3 rings (SSSR count). The minimum atomic E-state index is -3.98. The number of benzene rings is 2. The van der Waals surface area contributed by atoms with Crippen molar-refractivity contribution in [2.75, 3.05) is 5.75 Å². The quantitative estimate of drug-likeness (QED) is 0.686. The van der Waals surface area contributed by atoms with Crippen LogP contribution in [-0.4, -0.2) is 28.4 Å². The van der Waals surface area contributed by atoms with Crippen LogP contribution in [0.2, 0.25) is 0 Å². The van der Waals surface area contributed by atoms with Crippen LogP contribution in [0.3, 0.4) is 0 Å². The van der Waals surface area contributed by atoms with Crippen LogP contribution in [0.5, 0.6) is 0 Å². The normalized spacial score (nSPS) is 18.4. The molecule has 0 saturated heterocycles. The van der Waals surface area contributed by atoms with Crippen molar-refractivity contribution >= 4 is 25.5 Å². The molecule has 0 amide bonds. The highest BCUT2D eigenvalue weighted by Gasteiger charge is 2.29. The predicted molar refractivity (Wildman–Crippen MR) is 107 cm³/mol. The summed E-state index contributed by atoms with van der Waals surface area (Å²) in [5.41, 5.74) is 0. The Morgan fingerprint density at radius 3 is 2.00 bits per heavy atom. The second-order valence-electron chi connectivity index (χ2n) is 6.85. The molecule has 0 aromatic heterocycles. The molecule has 2 aromatic rings. The minimum Gasteiger partial charge on any atom is -0.299 e. The average molecular weight is 419 g/mol. The number of hydrogen-bond acceptors (Lipinski definition) is 5. The maximum Gasteiger partial charge on any atom is 0.203 e. The molecule has 1 aliphatic carbocycles. The van der Waals surface area contributed by atoms with E-state index in [1.165, 1.54) is 30.3 Å². The minimum absolute atomic E-state index is 0.0438. The van der Waals surface area contributed by atoms with Gasteiger partial charge in [-0.2, -0.15) is 0 Å². The molecule has 1 atom stereocenters. The van der Waals surface area contributed by atoms with Crippen LogP contribution in [0, 0.1) is 5.92 Å². The summed E-state index contributed by atoms with van der Waals surface area (Å²) in [6.45, 7) is 0. The van der Waals surface area contributed by atoms with Crippen molar-refractivity contribution in [1.29, 1.82) is 0 Å². The van der Waals surface area contributed by atoms with Crippen LogP contribution in [0.15, 0.2) is 81.4 Å². The van der Waals surface area contributed by atoms with E-state index in [-0.39, 0.29) is 32.8 Å². The van der Waals surface area contributed by atoms with Gasteiger partial charge in [-0.3, -0.25) is 4.79 Å². The molecule has 1 saturated carbocycles. The summed E-state index contributed by atoms with van der Waals surface area (Å²) in [6, 6.07) is 15.6. The molecule has 5 nitrogen and oxygen atoms in total. The first-order chi connectivity index (χ1) is 13.3. The van der Waals surface area contributed by atoms with E-state index >= 15 is 0 Å². The second kappa shape index (κ2) is 8.41. The van der Waals surface area contributed by atoms with Crippen molar-refractivity contribution in [3.8, 4) is 0 Å². The van der Waals surface area contributed by atoms with E-state index in [0.29, 0.717) is 12.8 Å². The van der Waals surface area contributed by atoms with Crippen molar-refractivity contribution in [3.05, 3.63) is 71.6 Å². The van der Waals surface area contributed by atoms with Gasteiger partial charge in [0, 0.05) is 12.3 Å². The third-order valence-electron chi connectivity index (χ3n) is 4.89. The molecule has 0 radical (unpaired) electrons. The molecular weight excluding hydrogens is 396 g/mol. The van der Waals surface area contributed by atoms with Crippen molar-refractivity contribution in [2.24, 2.45) is 5.92 Å². The fourth-order valence-electron chi connectivity index (χ4n) is 3.31. The zero-order valence-corrected chi connectivity index (χ0v) is 17.0. The Morgan fingerprint density at radius 2 is 1.46 bits per heavy atom. The van der Waals surface area contributed by atoms with Crippen molar-refractivity contribution in [1.82, 2.24) is 0 Å². The maximum absolute atomic E-state index is 13.1. The van der Waals surface area contributed by atoms with Crippen molar-refractivity contribution in [3.63, 3.8) is 0 Å². The lowest BCUT2D eigenvalue weighted by molar-refractivity contribution is -0.120. The number of rotatable bonds is 7. The number of allylic oxidation sites excluding steroid dienone is 1. The summed E-state index contributed by atoms with van der Waals surface area (Å²) in [4.78, 5) is 11.9. The highest BCUT2D eigenvalue weighted by atomic mass is 32.2. The summed E-state index contributed by atoms with van der Waals surface area (Å²) >= 11 is 0. The lowest BCUT2D eigenvalue weighted by Gasteiger charge is -2.12. The van der Waals surface area contributed by atoms with Gasteiger partial charge in [0.15, 0.2) is 9.84 Å². The number of Topliss-reactive ketones (excluding diaryl/α,β-unsaturated/α-hetero) is 1. The van der Waals surface area contributed by atoms with E-state index in [2.05, 4.69) is 0 Å². The van der Waals surface area contributed by atoms with Crippen LogP contribution in [0.4, 0.5) is 0 Å². The monoisotopic (exact) mass is 418 g/mol. The number of hydrogen-bond donors (Lipinski definition) is 0. The molecule has 148 valence electrons. The number of carbonyl (C=O) groups is 1. The van der Waals surface area contributed by atoms with Gasteiger partial charge in [-0.05, 0) is 43.5 Å². The maximum atomic E-state index is 13.1. The Bertz CT molecular complexity index is 1070. The SMILES string of the molecule is O=C1CCCC1C/C=C(\CS(=O)(=O)c1ccccc1)S(=O)(=O)c1ccccc1. The summed E-state index contributed by atoms with van der Waals surface area (Å²) in [7, 11) is -7.82. The van der Waals surface area contributed by atoms with Gasteiger partial charge in [0.25, 0.3) is 0 Å². The van der Waals surface area contributed by atoms with E-state index in [1.807, 2.05) is 0 Å². The van der Waals surface area contributed by atoms with Crippen LogP contribution in [0.25, 0.3) is 0 Å². The largest absolute Gasteiger partial charge is 0.299 e. The molecule has 1 aliphatic rings. The molecule has 2 aromatic carbocycles. The highest BCUT2D eigenvalue weighted by Crippen LogP contribution is 2.28.